The van der Waals surface area contributed by atoms with Gasteiger partial charge >= 0.3 is 5.97 Å². The Hall–Kier alpha value is -2.37. The third-order valence-electron chi connectivity index (χ3n) is 5.29. The molecule has 1 saturated carbocycles. The summed E-state index contributed by atoms with van der Waals surface area (Å²) in [5.41, 5.74) is 1.14. The number of aliphatic carboxylic acids is 1. The van der Waals surface area contributed by atoms with Gasteiger partial charge < -0.3 is 15.3 Å². The monoisotopic (exact) mass is 344 g/mol. The van der Waals surface area contributed by atoms with E-state index in [4.69, 9.17) is 0 Å². The summed E-state index contributed by atoms with van der Waals surface area (Å²) >= 11 is 0. The third-order valence-corrected chi connectivity index (χ3v) is 5.29. The number of nitrogens with one attached hydrogen (secondary N) is 1. The van der Waals surface area contributed by atoms with Crippen LogP contribution in [0.1, 0.15) is 49.7 Å². The fourth-order valence-electron chi connectivity index (χ4n) is 3.57. The van der Waals surface area contributed by atoms with E-state index in [1.807, 2.05) is 29.2 Å². The van der Waals surface area contributed by atoms with Crippen LogP contribution in [0.3, 0.4) is 0 Å². The molecule has 134 valence electrons. The molecule has 0 unspecified atom stereocenters. The molecule has 25 heavy (non-hydrogen) atoms. The fourth-order valence-corrected chi connectivity index (χ4v) is 3.57. The van der Waals surface area contributed by atoms with Crippen molar-refractivity contribution in [2.24, 2.45) is 5.41 Å². The summed E-state index contributed by atoms with van der Waals surface area (Å²) in [4.78, 5) is 37.0. The highest BCUT2D eigenvalue weighted by atomic mass is 16.4. The van der Waals surface area contributed by atoms with Gasteiger partial charge in [0.25, 0.3) is 0 Å². The number of hydrogen-bond acceptors (Lipinski definition) is 3. The average molecular weight is 344 g/mol. The molecule has 0 aromatic heterocycles. The summed E-state index contributed by atoms with van der Waals surface area (Å²) in [6.07, 6.45) is 3.62. The number of benzene rings is 1. The van der Waals surface area contributed by atoms with Gasteiger partial charge in [-0.3, -0.25) is 14.4 Å². The summed E-state index contributed by atoms with van der Waals surface area (Å²) in [5.74, 6) is -0.897. The molecule has 6 nitrogen and oxygen atoms in total. The topological polar surface area (TPSA) is 86.7 Å². The van der Waals surface area contributed by atoms with Crippen molar-refractivity contribution in [1.82, 2.24) is 10.2 Å². The number of carboxylic acids is 1. The van der Waals surface area contributed by atoms with E-state index in [-0.39, 0.29) is 18.2 Å². The zero-order valence-electron chi connectivity index (χ0n) is 14.3. The minimum Gasteiger partial charge on any atom is -0.481 e. The van der Waals surface area contributed by atoms with Crippen LogP contribution < -0.4 is 5.32 Å². The van der Waals surface area contributed by atoms with Gasteiger partial charge in [0.2, 0.25) is 11.8 Å². The summed E-state index contributed by atoms with van der Waals surface area (Å²) in [7, 11) is 0. The second-order valence-corrected chi connectivity index (χ2v) is 7.13. The molecule has 0 radical (unpaired) electrons. The van der Waals surface area contributed by atoms with Crippen LogP contribution in [0.2, 0.25) is 0 Å². The molecule has 1 aromatic carbocycles. The van der Waals surface area contributed by atoms with Crippen molar-refractivity contribution in [2.75, 3.05) is 6.54 Å². The Kier molecular flexibility index (Phi) is 5.06. The van der Waals surface area contributed by atoms with Crippen LogP contribution in [0.5, 0.6) is 0 Å². The number of hydrogen-bond donors (Lipinski definition) is 2. The van der Waals surface area contributed by atoms with Crippen LogP contribution in [-0.2, 0) is 27.5 Å². The molecule has 1 aromatic rings. The van der Waals surface area contributed by atoms with Crippen molar-refractivity contribution in [2.45, 2.75) is 51.6 Å². The molecule has 2 fully saturated rings. The van der Waals surface area contributed by atoms with Gasteiger partial charge in [0.05, 0.1) is 5.41 Å². The Balaban J connectivity index is 1.53. The predicted octanol–water partition coefficient (Wildman–Crippen LogP) is 2.07. The summed E-state index contributed by atoms with van der Waals surface area (Å²) in [5, 5.41) is 12.1. The molecule has 1 aliphatic carbocycles. The van der Waals surface area contributed by atoms with Crippen LogP contribution in [0.25, 0.3) is 0 Å². The van der Waals surface area contributed by atoms with Crippen molar-refractivity contribution in [3.05, 3.63) is 35.4 Å². The molecule has 0 atom stereocenters. The van der Waals surface area contributed by atoms with Crippen molar-refractivity contribution in [1.29, 1.82) is 0 Å². The smallest absolute Gasteiger partial charge is 0.310 e. The van der Waals surface area contributed by atoms with Crippen LogP contribution in [0.15, 0.2) is 24.3 Å². The van der Waals surface area contributed by atoms with Gasteiger partial charge in [-0.2, -0.15) is 0 Å². The first-order chi connectivity index (χ1) is 12.0. The molecule has 1 saturated heterocycles. The first-order valence-electron chi connectivity index (χ1n) is 8.84. The molecule has 3 rings (SSSR count). The molecule has 0 bridgehead atoms. The quantitative estimate of drug-likeness (QED) is 0.793. The third kappa shape index (κ3) is 4.00. The van der Waals surface area contributed by atoms with Crippen molar-refractivity contribution in [3.63, 3.8) is 0 Å². The van der Waals surface area contributed by atoms with Gasteiger partial charge in [-0.05, 0) is 30.4 Å². The zero-order chi connectivity index (χ0) is 17.9. The van der Waals surface area contributed by atoms with E-state index in [0.717, 1.165) is 30.5 Å². The molecule has 2 N–H and O–H groups in total. The van der Waals surface area contributed by atoms with Gasteiger partial charge in [0.15, 0.2) is 0 Å². The lowest BCUT2D eigenvalue weighted by Gasteiger charge is -2.36. The second kappa shape index (κ2) is 7.25. The number of carbonyl (C=O) groups excluding carboxylic acids is 2. The van der Waals surface area contributed by atoms with E-state index < -0.39 is 11.4 Å². The number of rotatable bonds is 7. The largest absolute Gasteiger partial charge is 0.481 e. The van der Waals surface area contributed by atoms with E-state index in [1.54, 1.807) is 0 Å². The van der Waals surface area contributed by atoms with Crippen LogP contribution in [0, 0.1) is 5.41 Å². The number of carbonyl (C=O) groups is 3. The molecule has 6 heteroatoms. The van der Waals surface area contributed by atoms with Crippen molar-refractivity contribution >= 4 is 17.8 Å². The van der Waals surface area contributed by atoms with Gasteiger partial charge in [0.1, 0.15) is 0 Å². The van der Waals surface area contributed by atoms with E-state index in [2.05, 4.69) is 5.32 Å². The maximum atomic E-state index is 12.1. The minimum atomic E-state index is -0.869. The van der Waals surface area contributed by atoms with E-state index in [0.29, 0.717) is 32.4 Å². The van der Waals surface area contributed by atoms with Gasteiger partial charge in [0, 0.05) is 32.5 Å². The molecule has 1 aliphatic heterocycles. The highest BCUT2D eigenvalue weighted by molar-refractivity contribution is 5.85. The summed E-state index contributed by atoms with van der Waals surface area (Å²) < 4.78 is 0. The van der Waals surface area contributed by atoms with Gasteiger partial charge in [-0.1, -0.05) is 30.7 Å². The Morgan fingerprint density at radius 3 is 2.56 bits per heavy atom. The number of carboxylic acid groups (broad SMARTS) is 1. The number of nitrogens with zero attached hydrogens (tertiary/aromatic N) is 1. The molecule has 1 heterocycles. The Morgan fingerprint density at radius 2 is 1.96 bits per heavy atom. The summed E-state index contributed by atoms with van der Waals surface area (Å²) in [6.45, 7) is 1.77. The van der Waals surface area contributed by atoms with Crippen LogP contribution in [0.4, 0.5) is 0 Å². The minimum absolute atomic E-state index is 0.0459. The molecular formula is C19H24N2O4. The van der Waals surface area contributed by atoms with Crippen LogP contribution in [-0.4, -0.2) is 34.3 Å². The number of likely N-dealkylation sites (tertiary alicyclic amines) is 1. The Bertz CT molecular complexity index is 682. The molecular weight excluding hydrogens is 320 g/mol. The fraction of sp³-hybridized carbons (Fsp3) is 0.526. The molecule has 2 amide bonds. The zero-order valence-corrected chi connectivity index (χ0v) is 14.3. The lowest BCUT2D eigenvalue weighted by atomic mass is 9.66. The molecule has 0 spiro atoms. The first-order valence-corrected chi connectivity index (χ1v) is 8.84. The molecule has 2 aliphatic rings. The van der Waals surface area contributed by atoms with Gasteiger partial charge in [-0.15, -0.1) is 0 Å². The number of amides is 2. The normalized spacial score (nSPS) is 18.7. The maximum absolute atomic E-state index is 12.1. The van der Waals surface area contributed by atoms with Gasteiger partial charge in [-0.25, -0.2) is 0 Å². The van der Waals surface area contributed by atoms with Crippen molar-refractivity contribution < 1.29 is 19.5 Å². The van der Waals surface area contributed by atoms with Crippen molar-refractivity contribution in [3.8, 4) is 0 Å². The highest BCUT2D eigenvalue weighted by Gasteiger charge is 2.45. The highest BCUT2D eigenvalue weighted by Crippen LogP contribution is 2.44. The second-order valence-electron chi connectivity index (χ2n) is 7.13. The lowest BCUT2D eigenvalue weighted by Crippen LogP contribution is -2.42. The maximum Gasteiger partial charge on any atom is 0.310 e. The van der Waals surface area contributed by atoms with E-state index >= 15 is 0 Å². The SMILES string of the molecule is O=C(CC1(C(=O)O)CCC1)NCc1cccc(CN2CCCC2=O)c1. The van der Waals surface area contributed by atoms with E-state index in [9.17, 15) is 19.5 Å². The van der Waals surface area contributed by atoms with E-state index in [1.165, 1.54) is 0 Å². The lowest BCUT2D eigenvalue weighted by molar-refractivity contribution is -0.157. The predicted molar refractivity (Wildman–Crippen MR) is 91.5 cm³/mol. The Labute approximate surface area is 147 Å². The van der Waals surface area contributed by atoms with Crippen LogP contribution >= 0.6 is 0 Å². The standard InChI is InChI=1S/C19H24N2O4/c22-16(11-19(18(24)25)7-3-8-19)20-12-14-4-1-5-15(10-14)13-21-9-2-6-17(21)23/h1,4-5,10H,2-3,6-9,11-13H2,(H,20,22)(H,24,25). The first kappa shape index (κ1) is 17.5. The Morgan fingerprint density at radius 1 is 1.20 bits per heavy atom. The average Bonchev–Trinajstić information content (AvgIpc) is 2.94. The summed E-state index contributed by atoms with van der Waals surface area (Å²) in [6, 6.07) is 7.81.